The van der Waals surface area contributed by atoms with Gasteiger partial charge in [0.25, 0.3) is 0 Å². The van der Waals surface area contributed by atoms with Crippen LogP contribution in [0.3, 0.4) is 0 Å². The lowest BCUT2D eigenvalue weighted by Crippen LogP contribution is -2.35. The molecule has 0 fully saturated rings. The normalized spacial score (nSPS) is 11.8. The number of hydrogen-bond acceptors (Lipinski definition) is 4. The highest BCUT2D eigenvalue weighted by molar-refractivity contribution is 5.86. The van der Waals surface area contributed by atoms with Crippen molar-refractivity contribution in [3.8, 4) is 0 Å². The van der Waals surface area contributed by atoms with Gasteiger partial charge in [0.15, 0.2) is 0 Å². The van der Waals surface area contributed by atoms with Crippen molar-refractivity contribution in [2.75, 3.05) is 26.2 Å². The van der Waals surface area contributed by atoms with Crippen LogP contribution in [0.1, 0.15) is 20.8 Å². The molecule has 4 nitrogen and oxygen atoms in total. The molecule has 16 heavy (non-hydrogen) atoms. The van der Waals surface area contributed by atoms with Gasteiger partial charge in [0.2, 0.25) is 0 Å². The van der Waals surface area contributed by atoms with Gasteiger partial charge >= 0.3 is 5.97 Å². The van der Waals surface area contributed by atoms with Gasteiger partial charge in [-0.1, -0.05) is 20.4 Å². The molecule has 0 aromatic carbocycles. The van der Waals surface area contributed by atoms with Crippen LogP contribution in [0, 0.1) is 0 Å². The molecule has 5 heteroatoms. The molecule has 0 rings (SSSR count). The Hall–Kier alpha value is -0.580. The number of halogens is 1. The molecule has 1 N–H and O–H groups in total. The first-order valence-corrected chi connectivity index (χ1v) is 5.24. The van der Waals surface area contributed by atoms with E-state index in [4.69, 9.17) is 4.74 Å². The van der Waals surface area contributed by atoms with Gasteiger partial charge in [0.05, 0.1) is 0 Å². The Labute approximate surface area is 104 Å². The summed E-state index contributed by atoms with van der Waals surface area (Å²) in [5.74, 6) is -0.450. The smallest absolute Gasteiger partial charge is 0.333 e. The minimum atomic E-state index is -0.631. The Kier molecular flexibility index (Phi) is 10.7. The van der Waals surface area contributed by atoms with E-state index in [1.54, 1.807) is 6.92 Å². The molecule has 0 aliphatic heterocycles. The molecular formula is C11H22ClNO3. The molecule has 0 aromatic heterocycles. The number of aliphatic hydroxyl groups is 1. The zero-order valence-electron chi connectivity index (χ0n) is 10.2. The minimum absolute atomic E-state index is 0. The SMILES string of the molecule is C=C(C)C(=O)OCC(O)CN(CC)CC.Cl. The number of hydrogen-bond donors (Lipinski definition) is 1. The lowest BCUT2D eigenvalue weighted by atomic mass is 10.3. The fraction of sp³-hybridized carbons (Fsp3) is 0.727. The molecule has 0 saturated heterocycles. The maximum absolute atomic E-state index is 11.0. The monoisotopic (exact) mass is 251 g/mol. The van der Waals surface area contributed by atoms with Crippen molar-refractivity contribution in [2.45, 2.75) is 26.9 Å². The zero-order chi connectivity index (χ0) is 11.8. The molecule has 0 radical (unpaired) electrons. The first-order valence-electron chi connectivity index (χ1n) is 5.24. The number of carbonyl (C=O) groups excluding carboxylic acids is 1. The third-order valence-corrected chi connectivity index (χ3v) is 2.12. The van der Waals surface area contributed by atoms with Crippen molar-refractivity contribution < 1.29 is 14.6 Å². The van der Waals surface area contributed by atoms with Crippen LogP contribution in [-0.2, 0) is 9.53 Å². The molecule has 1 atom stereocenters. The zero-order valence-corrected chi connectivity index (χ0v) is 11.0. The molecule has 96 valence electrons. The number of rotatable bonds is 7. The van der Waals surface area contributed by atoms with Crippen molar-refractivity contribution >= 4 is 18.4 Å². The summed E-state index contributed by atoms with van der Waals surface area (Å²) in [5.41, 5.74) is 0.352. The molecule has 0 saturated carbocycles. The number of esters is 1. The first-order chi connectivity index (χ1) is 7.01. The van der Waals surface area contributed by atoms with Crippen molar-refractivity contribution in [1.29, 1.82) is 0 Å². The van der Waals surface area contributed by atoms with E-state index in [9.17, 15) is 9.90 Å². The van der Waals surface area contributed by atoms with Gasteiger partial charge in [-0.05, 0) is 20.0 Å². The van der Waals surface area contributed by atoms with Gasteiger partial charge in [-0.25, -0.2) is 4.79 Å². The second-order valence-corrected chi connectivity index (χ2v) is 3.52. The van der Waals surface area contributed by atoms with Crippen LogP contribution in [-0.4, -0.2) is 48.3 Å². The van der Waals surface area contributed by atoms with Crippen molar-refractivity contribution in [1.82, 2.24) is 4.90 Å². The molecule has 0 bridgehead atoms. The van der Waals surface area contributed by atoms with Crippen LogP contribution in [0.15, 0.2) is 12.2 Å². The lowest BCUT2D eigenvalue weighted by Gasteiger charge is -2.21. The van der Waals surface area contributed by atoms with Crippen LogP contribution in [0.5, 0.6) is 0 Å². The van der Waals surface area contributed by atoms with Crippen LogP contribution in [0.25, 0.3) is 0 Å². The largest absolute Gasteiger partial charge is 0.460 e. The summed E-state index contributed by atoms with van der Waals surface area (Å²) in [4.78, 5) is 13.1. The standard InChI is InChI=1S/C11H21NO3.ClH/c1-5-12(6-2)7-10(13)8-15-11(14)9(3)4;/h10,13H,3,5-8H2,1-2,4H3;1H. The first kappa shape index (κ1) is 17.8. The Morgan fingerprint density at radius 3 is 2.31 bits per heavy atom. The summed E-state index contributed by atoms with van der Waals surface area (Å²) < 4.78 is 4.84. The van der Waals surface area contributed by atoms with E-state index >= 15 is 0 Å². The molecule has 0 aliphatic carbocycles. The molecule has 0 aromatic rings. The summed E-state index contributed by atoms with van der Waals surface area (Å²) in [6, 6.07) is 0. The molecule has 0 aliphatic rings. The fourth-order valence-corrected chi connectivity index (χ4v) is 1.13. The highest BCUT2D eigenvalue weighted by Crippen LogP contribution is 1.96. The Morgan fingerprint density at radius 2 is 1.94 bits per heavy atom. The summed E-state index contributed by atoms with van der Waals surface area (Å²) in [6.07, 6.45) is -0.631. The molecule has 0 amide bonds. The highest BCUT2D eigenvalue weighted by atomic mass is 35.5. The van der Waals surface area contributed by atoms with E-state index in [1.807, 2.05) is 13.8 Å². The predicted molar refractivity (Wildman–Crippen MR) is 66.8 cm³/mol. The number of aliphatic hydroxyl groups excluding tert-OH is 1. The highest BCUT2D eigenvalue weighted by Gasteiger charge is 2.11. The van der Waals surface area contributed by atoms with Gasteiger partial charge in [-0.2, -0.15) is 0 Å². The van der Waals surface area contributed by atoms with Crippen LogP contribution in [0.4, 0.5) is 0 Å². The molecule has 0 heterocycles. The maximum Gasteiger partial charge on any atom is 0.333 e. The molecule has 1 unspecified atom stereocenters. The predicted octanol–water partition coefficient (Wildman–Crippen LogP) is 1.23. The minimum Gasteiger partial charge on any atom is -0.460 e. The Morgan fingerprint density at radius 1 is 1.44 bits per heavy atom. The van der Waals surface area contributed by atoms with Gasteiger partial charge < -0.3 is 14.7 Å². The lowest BCUT2D eigenvalue weighted by molar-refractivity contribution is -0.142. The Balaban J connectivity index is 0. The summed E-state index contributed by atoms with van der Waals surface area (Å²) in [6.45, 7) is 11.4. The average Bonchev–Trinajstić information content (AvgIpc) is 2.22. The van der Waals surface area contributed by atoms with Gasteiger partial charge in [-0.15, -0.1) is 12.4 Å². The Bertz CT molecular complexity index is 217. The third-order valence-electron chi connectivity index (χ3n) is 2.12. The van der Waals surface area contributed by atoms with Crippen LogP contribution >= 0.6 is 12.4 Å². The topological polar surface area (TPSA) is 49.8 Å². The van der Waals surface area contributed by atoms with E-state index in [0.717, 1.165) is 13.1 Å². The maximum atomic E-state index is 11.0. The van der Waals surface area contributed by atoms with Gasteiger partial charge in [-0.3, -0.25) is 0 Å². The van der Waals surface area contributed by atoms with Crippen LogP contribution < -0.4 is 0 Å². The molecule has 0 spiro atoms. The fourth-order valence-electron chi connectivity index (χ4n) is 1.13. The van der Waals surface area contributed by atoms with E-state index in [1.165, 1.54) is 0 Å². The van der Waals surface area contributed by atoms with Gasteiger partial charge in [0, 0.05) is 12.1 Å². The number of nitrogens with zero attached hydrogens (tertiary/aromatic N) is 1. The summed E-state index contributed by atoms with van der Waals surface area (Å²) in [5, 5.41) is 9.56. The quantitative estimate of drug-likeness (QED) is 0.546. The summed E-state index contributed by atoms with van der Waals surface area (Å²) in [7, 11) is 0. The van der Waals surface area contributed by atoms with E-state index in [0.29, 0.717) is 12.1 Å². The van der Waals surface area contributed by atoms with E-state index in [2.05, 4.69) is 11.5 Å². The van der Waals surface area contributed by atoms with E-state index in [-0.39, 0.29) is 19.0 Å². The van der Waals surface area contributed by atoms with Crippen molar-refractivity contribution in [3.63, 3.8) is 0 Å². The van der Waals surface area contributed by atoms with Crippen molar-refractivity contribution in [3.05, 3.63) is 12.2 Å². The third kappa shape index (κ3) is 7.68. The molecular weight excluding hydrogens is 230 g/mol. The second-order valence-electron chi connectivity index (χ2n) is 3.52. The second kappa shape index (κ2) is 9.63. The number of ether oxygens (including phenoxy) is 1. The van der Waals surface area contributed by atoms with Crippen LogP contribution in [0.2, 0.25) is 0 Å². The van der Waals surface area contributed by atoms with Gasteiger partial charge in [0.1, 0.15) is 12.7 Å². The number of carbonyl (C=O) groups is 1. The van der Waals surface area contributed by atoms with E-state index < -0.39 is 12.1 Å². The van der Waals surface area contributed by atoms with Crippen molar-refractivity contribution in [2.24, 2.45) is 0 Å². The summed E-state index contributed by atoms with van der Waals surface area (Å²) >= 11 is 0. The average molecular weight is 252 g/mol. The number of likely N-dealkylation sites (N-methyl/N-ethyl adjacent to an activating group) is 1.